The number of hydrogen-bond acceptors (Lipinski definition) is 3. The molecule has 2 N–H and O–H groups in total. The van der Waals surface area contributed by atoms with Gasteiger partial charge in [0.05, 0.1) is 12.2 Å². The summed E-state index contributed by atoms with van der Waals surface area (Å²) in [6.45, 7) is 7.76. The number of carbonyl (C=O) groups excluding carboxylic acids is 1. The second-order valence-corrected chi connectivity index (χ2v) is 5.88. The normalized spacial score (nSPS) is 11.2. The lowest BCUT2D eigenvalue weighted by molar-refractivity contribution is 0.0522. The minimum absolute atomic E-state index is 0.308. The summed E-state index contributed by atoms with van der Waals surface area (Å²) in [5.74, 6) is 0.706. The van der Waals surface area contributed by atoms with E-state index in [-0.39, 0.29) is 0 Å². The summed E-state index contributed by atoms with van der Waals surface area (Å²) in [6, 6.07) is 9.93. The maximum Gasteiger partial charge on any atom is 0.408 e. The van der Waals surface area contributed by atoms with Crippen LogP contribution in [-0.2, 0) is 11.3 Å². The Morgan fingerprint density at radius 3 is 2.57 bits per heavy atom. The molecule has 2 aromatic rings. The predicted molar refractivity (Wildman–Crippen MR) is 81.8 cm³/mol. The van der Waals surface area contributed by atoms with Crippen LogP contribution in [0.5, 0.6) is 0 Å². The molecule has 1 heterocycles. The van der Waals surface area contributed by atoms with E-state index in [0.717, 1.165) is 17.0 Å². The molecule has 0 aliphatic rings. The topological polar surface area (TPSA) is 67.0 Å². The van der Waals surface area contributed by atoms with E-state index in [2.05, 4.69) is 15.3 Å². The number of imidazole rings is 1. The minimum Gasteiger partial charge on any atom is -0.444 e. The molecule has 21 heavy (non-hydrogen) atoms. The van der Waals surface area contributed by atoms with Crippen molar-refractivity contribution in [1.29, 1.82) is 0 Å². The van der Waals surface area contributed by atoms with Gasteiger partial charge in [0.1, 0.15) is 11.4 Å². The average Bonchev–Trinajstić information content (AvgIpc) is 2.77. The number of benzene rings is 1. The smallest absolute Gasteiger partial charge is 0.408 e. The van der Waals surface area contributed by atoms with Crippen LogP contribution in [0.15, 0.2) is 30.3 Å². The van der Waals surface area contributed by atoms with Crippen LogP contribution in [0.3, 0.4) is 0 Å². The molecule has 0 saturated carbocycles. The summed E-state index contributed by atoms with van der Waals surface area (Å²) < 4.78 is 5.19. The second kappa shape index (κ2) is 5.99. The highest BCUT2D eigenvalue weighted by Gasteiger charge is 2.16. The van der Waals surface area contributed by atoms with Gasteiger partial charge in [-0.3, -0.25) is 0 Å². The third-order valence-corrected chi connectivity index (χ3v) is 2.78. The van der Waals surface area contributed by atoms with E-state index in [1.807, 2.05) is 58.0 Å². The summed E-state index contributed by atoms with van der Waals surface area (Å²) in [6.07, 6.45) is -0.446. The van der Waals surface area contributed by atoms with Gasteiger partial charge in [0.25, 0.3) is 0 Å². The lowest BCUT2D eigenvalue weighted by atomic mass is 10.1. The molecule has 1 amide bonds. The van der Waals surface area contributed by atoms with E-state index in [4.69, 9.17) is 4.74 Å². The molecule has 0 spiro atoms. The Hall–Kier alpha value is -2.30. The van der Waals surface area contributed by atoms with Crippen molar-refractivity contribution in [1.82, 2.24) is 15.3 Å². The van der Waals surface area contributed by atoms with Gasteiger partial charge in [0.15, 0.2) is 0 Å². The third kappa shape index (κ3) is 4.34. The fourth-order valence-electron chi connectivity index (χ4n) is 1.95. The SMILES string of the molecule is Cc1[nH]c(CNC(=O)OC(C)(C)C)nc1-c1ccccc1. The minimum atomic E-state index is -0.502. The Labute approximate surface area is 124 Å². The van der Waals surface area contributed by atoms with Gasteiger partial charge < -0.3 is 15.0 Å². The molecule has 0 aliphatic heterocycles. The van der Waals surface area contributed by atoms with Crippen molar-refractivity contribution in [3.8, 4) is 11.3 Å². The molecular formula is C16H21N3O2. The molecule has 0 radical (unpaired) electrons. The summed E-state index contributed by atoms with van der Waals surface area (Å²) >= 11 is 0. The first-order chi connectivity index (χ1) is 9.85. The number of aryl methyl sites for hydroxylation is 1. The van der Waals surface area contributed by atoms with Crippen LogP contribution in [0, 0.1) is 6.92 Å². The van der Waals surface area contributed by atoms with E-state index >= 15 is 0 Å². The van der Waals surface area contributed by atoms with Gasteiger partial charge in [-0.15, -0.1) is 0 Å². The fourth-order valence-corrected chi connectivity index (χ4v) is 1.95. The third-order valence-electron chi connectivity index (χ3n) is 2.78. The van der Waals surface area contributed by atoms with Crippen molar-refractivity contribution in [2.75, 3.05) is 0 Å². The van der Waals surface area contributed by atoms with Crippen molar-refractivity contribution in [2.45, 2.75) is 39.8 Å². The Kier molecular flexibility index (Phi) is 4.31. The van der Waals surface area contributed by atoms with Crippen molar-refractivity contribution in [3.63, 3.8) is 0 Å². The van der Waals surface area contributed by atoms with Gasteiger partial charge in [-0.1, -0.05) is 30.3 Å². The zero-order valence-electron chi connectivity index (χ0n) is 12.9. The van der Waals surface area contributed by atoms with Crippen LogP contribution in [0.4, 0.5) is 4.79 Å². The first-order valence-corrected chi connectivity index (χ1v) is 6.93. The van der Waals surface area contributed by atoms with Gasteiger partial charge >= 0.3 is 6.09 Å². The number of nitrogens with one attached hydrogen (secondary N) is 2. The van der Waals surface area contributed by atoms with Gasteiger partial charge in [-0.25, -0.2) is 9.78 Å². The lowest BCUT2D eigenvalue weighted by Crippen LogP contribution is -2.32. The van der Waals surface area contributed by atoms with Crippen molar-refractivity contribution < 1.29 is 9.53 Å². The molecule has 112 valence electrons. The number of nitrogens with zero attached hydrogens (tertiary/aromatic N) is 1. The molecular weight excluding hydrogens is 266 g/mol. The number of aromatic nitrogens is 2. The summed E-state index contributed by atoms with van der Waals surface area (Å²) in [4.78, 5) is 19.3. The van der Waals surface area contributed by atoms with E-state index in [9.17, 15) is 4.79 Å². The second-order valence-electron chi connectivity index (χ2n) is 5.88. The summed E-state index contributed by atoms with van der Waals surface area (Å²) in [5.41, 5.74) is 2.42. The fraction of sp³-hybridized carbons (Fsp3) is 0.375. The largest absolute Gasteiger partial charge is 0.444 e. The van der Waals surface area contributed by atoms with Crippen LogP contribution in [0.2, 0.25) is 0 Å². The van der Waals surface area contributed by atoms with Crippen molar-refractivity contribution in [2.24, 2.45) is 0 Å². The molecule has 2 rings (SSSR count). The molecule has 0 atom stereocenters. The van der Waals surface area contributed by atoms with Crippen molar-refractivity contribution in [3.05, 3.63) is 41.9 Å². The molecule has 0 saturated heterocycles. The predicted octanol–water partition coefficient (Wildman–Crippen LogP) is 3.41. The first kappa shape index (κ1) is 15.1. The van der Waals surface area contributed by atoms with Crippen LogP contribution < -0.4 is 5.32 Å². The maximum atomic E-state index is 11.6. The Bertz CT molecular complexity index is 612. The molecule has 1 aromatic carbocycles. The zero-order valence-corrected chi connectivity index (χ0v) is 12.9. The number of ether oxygens (including phenoxy) is 1. The standard InChI is InChI=1S/C16H21N3O2/c1-11-14(12-8-6-5-7-9-12)19-13(18-11)10-17-15(20)21-16(2,3)4/h5-9H,10H2,1-4H3,(H,17,20)(H,18,19). The summed E-state index contributed by atoms with van der Waals surface area (Å²) in [5, 5.41) is 2.69. The monoisotopic (exact) mass is 287 g/mol. The number of carbonyl (C=O) groups is 1. The van der Waals surface area contributed by atoms with Crippen LogP contribution in [0.1, 0.15) is 32.3 Å². The number of amides is 1. The molecule has 0 fully saturated rings. The zero-order chi connectivity index (χ0) is 15.5. The molecule has 1 aromatic heterocycles. The van der Waals surface area contributed by atoms with Gasteiger partial charge in [0.2, 0.25) is 0 Å². The lowest BCUT2D eigenvalue weighted by Gasteiger charge is -2.19. The highest BCUT2D eigenvalue weighted by molar-refractivity contribution is 5.67. The highest BCUT2D eigenvalue weighted by Crippen LogP contribution is 2.20. The maximum absolute atomic E-state index is 11.6. The highest BCUT2D eigenvalue weighted by atomic mass is 16.6. The van der Waals surface area contributed by atoms with Crippen LogP contribution >= 0.6 is 0 Å². The van der Waals surface area contributed by atoms with E-state index in [1.165, 1.54) is 0 Å². The number of rotatable bonds is 3. The Balaban J connectivity index is 2.02. The number of hydrogen-bond donors (Lipinski definition) is 2. The number of aromatic amines is 1. The van der Waals surface area contributed by atoms with E-state index < -0.39 is 11.7 Å². The first-order valence-electron chi connectivity index (χ1n) is 6.93. The van der Waals surface area contributed by atoms with E-state index in [0.29, 0.717) is 12.4 Å². The van der Waals surface area contributed by atoms with Crippen molar-refractivity contribution >= 4 is 6.09 Å². The quantitative estimate of drug-likeness (QED) is 0.909. The summed E-state index contributed by atoms with van der Waals surface area (Å²) in [7, 11) is 0. The van der Waals surface area contributed by atoms with Gasteiger partial charge in [0, 0.05) is 11.3 Å². The van der Waals surface area contributed by atoms with Gasteiger partial charge in [-0.05, 0) is 27.7 Å². The van der Waals surface area contributed by atoms with E-state index in [1.54, 1.807) is 0 Å². The Morgan fingerprint density at radius 2 is 1.95 bits per heavy atom. The molecule has 0 unspecified atom stereocenters. The molecule has 5 heteroatoms. The van der Waals surface area contributed by atoms with Gasteiger partial charge in [-0.2, -0.15) is 0 Å². The number of alkyl carbamates (subject to hydrolysis) is 1. The van der Waals surface area contributed by atoms with Crippen LogP contribution in [0.25, 0.3) is 11.3 Å². The average molecular weight is 287 g/mol. The number of H-pyrrole nitrogens is 1. The molecule has 5 nitrogen and oxygen atoms in total. The Morgan fingerprint density at radius 1 is 1.29 bits per heavy atom. The van der Waals surface area contributed by atoms with Crippen LogP contribution in [-0.4, -0.2) is 21.7 Å². The molecule has 0 aliphatic carbocycles. The molecule has 0 bridgehead atoms.